The zero-order valence-corrected chi connectivity index (χ0v) is 18.6. The molecule has 1 amide bonds. The highest BCUT2D eigenvalue weighted by Crippen LogP contribution is 2.39. The highest BCUT2D eigenvalue weighted by atomic mass is 32.2. The maximum Gasteiger partial charge on any atom is 0.416 e. The summed E-state index contributed by atoms with van der Waals surface area (Å²) in [5.41, 5.74) is -0.787. The van der Waals surface area contributed by atoms with Gasteiger partial charge >= 0.3 is 11.9 Å². The van der Waals surface area contributed by atoms with E-state index in [1.54, 1.807) is 42.5 Å². The lowest BCUT2D eigenvalue weighted by molar-refractivity contribution is -0.385. The Morgan fingerprint density at radius 3 is 2.44 bits per heavy atom. The van der Waals surface area contributed by atoms with Crippen LogP contribution < -0.4 is 9.64 Å². The van der Waals surface area contributed by atoms with Gasteiger partial charge in [0.2, 0.25) is 5.75 Å². The first-order valence-electron chi connectivity index (χ1n) is 9.60. The van der Waals surface area contributed by atoms with E-state index in [-0.39, 0.29) is 17.4 Å². The van der Waals surface area contributed by atoms with E-state index < -0.39 is 22.4 Å². The fourth-order valence-electron chi connectivity index (χ4n) is 3.14. The van der Waals surface area contributed by atoms with E-state index >= 15 is 0 Å². The number of alkyl halides is 3. The van der Waals surface area contributed by atoms with Crippen LogP contribution in [0.1, 0.15) is 11.1 Å². The Morgan fingerprint density at radius 1 is 1.03 bits per heavy atom. The molecule has 0 N–H and O–H groups in total. The number of hydrogen-bond donors (Lipinski definition) is 0. The second-order valence-electron chi connectivity index (χ2n) is 6.96. The largest absolute Gasteiger partial charge is 0.450 e. The molecule has 1 heterocycles. The summed E-state index contributed by atoms with van der Waals surface area (Å²) in [6, 6.07) is 17.2. The van der Waals surface area contributed by atoms with Gasteiger partial charge in [0.15, 0.2) is 4.32 Å². The third-order valence-electron chi connectivity index (χ3n) is 4.67. The topological polar surface area (TPSA) is 72.7 Å². The van der Waals surface area contributed by atoms with Crippen LogP contribution in [0, 0.1) is 10.1 Å². The molecule has 1 aliphatic rings. The normalized spacial score (nSPS) is 15.1. The summed E-state index contributed by atoms with van der Waals surface area (Å²) in [6.07, 6.45) is -3.13. The molecule has 4 rings (SSSR count). The average molecular weight is 502 g/mol. The summed E-state index contributed by atoms with van der Waals surface area (Å²) in [4.78, 5) is 25.0. The summed E-state index contributed by atoms with van der Waals surface area (Å²) < 4.78 is 44.6. The van der Waals surface area contributed by atoms with Crippen LogP contribution >= 0.6 is 24.0 Å². The highest BCUT2D eigenvalue weighted by Gasteiger charge is 2.34. The van der Waals surface area contributed by atoms with Gasteiger partial charge in [-0.25, -0.2) is 0 Å². The lowest BCUT2D eigenvalue weighted by Crippen LogP contribution is -2.27. The number of nitro groups is 1. The minimum Gasteiger partial charge on any atom is -0.450 e. The predicted octanol–water partition coefficient (Wildman–Crippen LogP) is 6.81. The summed E-state index contributed by atoms with van der Waals surface area (Å²) in [7, 11) is 0. The van der Waals surface area contributed by atoms with Crippen molar-refractivity contribution < 1.29 is 27.6 Å². The molecule has 1 aliphatic heterocycles. The minimum atomic E-state index is -4.73. The smallest absolute Gasteiger partial charge is 0.416 e. The molecule has 0 spiro atoms. The Morgan fingerprint density at radius 2 is 1.76 bits per heavy atom. The molecule has 0 bridgehead atoms. The summed E-state index contributed by atoms with van der Waals surface area (Å²) in [5.74, 6) is -0.494. The van der Waals surface area contributed by atoms with E-state index in [1.165, 1.54) is 17.0 Å². The SMILES string of the molecule is O=C1/C(=C\c2cccc(Oc3ccc(C(F)(F)F)cc3[N+](=O)[O-])c2)SC(=S)N1c1ccccc1. The van der Waals surface area contributed by atoms with Crippen LogP contribution in [-0.2, 0) is 11.0 Å². The first-order valence-corrected chi connectivity index (χ1v) is 10.8. The quantitative estimate of drug-likeness (QED) is 0.165. The molecule has 11 heteroatoms. The zero-order valence-electron chi connectivity index (χ0n) is 17.0. The van der Waals surface area contributed by atoms with Gasteiger partial charge in [0, 0.05) is 6.07 Å². The molecule has 0 unspecified atom stereocenters. The second kappa shape index (κ2) is 9.27. The number of carbonyl (C=O) groups excluding carboxylic acids is 1. The van der Waals surface area contributed by atoms with Gasteiger partial charge in [0.1, 0.15) is 5.75 Å². The third kappa shape index (κ3) is 4.95. The molecule has 1 saturated heterocycles. The van der Waals surface area contributed by atoms with Crippen LogP contribution in [0.4, 0.5) is 24.5 Å². The van der Waals surface area contributed by atoms with Crippen LogP contribution in [0.15, 0.2) is 77.7 Å². The van der Waals surface area contributed by atoms with Crippen molar-refractivity contribution in [3.05, 3.63) is 98.9 Å². The van der Waals surface area contributed by atoms with Gasteiger partial charge in [-0.1, -0.05) is 54.3 Å². The van der Waals surface area contributed by atoms with Gasteiger partial charge in [-0.3, -0.25) is 19.8 Å². The lowest BCUT2D eigenvalue weighted by atomic mass is 10.1. The van der Waals surface area contributed by atoms with E-state index in [2.05, 4.69) is 0 Å². The Kier molecular flexibility index (Phi) is 6.40. The number of thioether (sulfide) groups is 1. The third-order valence-corrected chi connectivity index (χ3v) is 5.98. The lowest BCUT2D eigenvalue weighted by Gasteiger charge is -2.13. The minimum absolute atomic E-state index is 0.148. The number of nitro benzene ring substituents is 1. The first kappa shape index (κ1) is 23.5. The number of carbonyl (C=O) groups is 1. The van der Waals surface area contributed by atoms with Crippen LogP contribution in [-0.4, -0.2) is 15.2 Å². The van der Waals surface area contributed by atoms with Gasteiger partial charge in [-0.2, -0.15) is 13.2 Å². The molecule has 0 aromatic heterocycles. The summed E-state index contributed by atoms with van der Waals surface area (Å²) >= 11 is 6.46. The summed E-state index contributed by atoms with van der Waals surface area (Å²) in [6.45, 7) is 0. The van der Waals surface area contributed by atoms with E-state index in [9.17, 15) is 28.1 Å². The van der Waals surface area contributed by atoms with E-state index in [4.69, 9.17) is 17.0 Å². The van der Waals surface area contributed by atoms with Crippen molar-refractivity contribution >= 4 is 51.7 Å². The van der Waals surface area contributed by atoms with E-state index in [1.807, 2.05) is 6.07 Å². The van der Waals surface area contributed by atoms with Crippen molar-refractivity contribution in [2.75, 3.05) is 4.90 Å². The maximum atomic E-state index is 12.9. The number of benzene rings is 3. The molecule has 0 saturated carbocycles. The monoisotopic (exact) mass is 502 g/mol. The first-order chi connectivity index (χ1) is 16.1. The Balaban J connectivity index is 1.60. The number of nitrogens with zero attached hydrogens (tertiary/aromatic N) is 2. The van der Waals surface area contributed by atoms with Gasteiger partial charge in [0.25, 0.3) is 5.91 Å². The molecule has 0 atom stereocenters. The number of ether oxygens (including phenoxy) is 1. The second-order valence-corrected chi connectivity index (χ2v) is 8.64. The van der Waals surface area contributed by atoms with Gasteiger partial charge < -0.3 is 4.74 Å². The van der Waals surface area contributed by atoms with Gasteiger partial charge in [-0.15, -0.1) is 0 Å². The number of thiocarbonyl (C=S) groups is 1. The molecule has 1 fully saturated rings. The molecule has 172 valence electrons. The van der Waals surface area contributed by atoms with E-state index in [0.29, 0.717) is 32.6 Å². The Labute approximate surface area is 200 Å². The average Bonchev–Trinajstić information content (AvgIpc) is 3.06. The van der Waals surface area contributed by atoms with Crippen LogP contribution in [0.5, 0.6) is 11.5 Å². The van der Waals surface area contributed by atoms with Crippen molar-refractivity contribution in [1.82, 2.24) is 0 Å². The fraction of sp³-hybridized carbons (Fsp3) is 0.0435. The number of rotatable bonds is 5. The number of anilines is 1. The maximum absolute atomic E-state index is 12.9. The van der Waals surface area contributed by atoms with Crippen molar-refractivity contribution in [2.45, 2.75) is 6.18 Å². The van der Waals surface area contributed by atoms with Gasteiger partial charge in [-0.05, 0) is 48.0 Å². The fourth-order valence-corrected chi connectivity index (χ4v) is 4.44. The molecule has 3 aromatic rings. The molecular formula is C23H13F3N2O4S2. The number of hydrogen-bond acceptors (Lipinski definition) is 6. The van der Waals surface area contributed by atoms with Crippen molar-refractivity contribution in [3.63, 3.8) is 0 Å². The Hall–Kier alpha value is -3.70. The summed E-state index contributed by atoms with van der Waals surface area (Å²) in [5, 5.41) is 11.3. The van der Waals surface area contributed by atoms with Crippen LogP contribution in [0.25, 0.3) is 6.08 Å². The van der Waals surface area contributed by atoms with Crippen LogP contribution in [0.3, 0.4) is 0 Å². The number of para-hydroxylation sites is 1. The molecular weight excluding hydrogens is 489 g/mol. The van der Waals surface area contributed by atoms with Gasteiger partial charge in [0.05, 0.1) is 21.1 Å². The van der Waals surface area contributed by atoms with Crippen molar-refractivity contribution in [2.24, 2.45) is 0 Å². The number of amides is 1. The zero-order chi connectivity index (χ0) is 24.5. The predicted molar refractivity (Wildman–Crippen MR) is 127 cm³/mol. The molecule has 34 heavy (non-hydrogen) atoms. The van der Waals surface area contributed by atoms with Crippen LogP contribution in [0.2, 0.25) is 0 Å². The standard InChI is InChI=1S/C23H13F3N2O4S2/c24-23(25,26)15-9-10-19(18(13-15)28(30)31)32-17-8-4-5-14(11-17)12-20-21(29)27(22(33)34-20)16-6-2-1-3-7-16/h1-13H/b20-12+. The Bertz CT molecular complexity index is 1330. The molecule has 3 aromatic carbocycles. The highest BCUT2D eigenvalue weighted by molar-refractivity contribution is 8.27. The van der Waals surface area contributed by atoms with E-state index in [0.717, 1.165) is 17.8 Å². The molecule has 0 aliphatic carbocycles. The molecule has 6 nitrogen and oxygen atoms in total. The van der Waals surface area contributed by atoms with Crippen molar-refractivity contribution in [1.29, 1.82) is 0 Å². The number of halogens is 3. The molecule has 0 radical (unpaired) electrons. The van der Waals surface area contributed by atoms with Crippen molar-refractivity contribution in [3.8, 4) is 11.5 Å².